The van der Waals surface area contributed by atoms with Crippen molar-refractivity contribution < 1.29 is 24.0 Å². The normalized spacial score (nSPS) is 18.0. The Bertz CT molecular complexity index is 1020. The van der Waals surface area contributed by atoms with E-state index >= 15 is 0 Å². The Kier molecular flexibility index (Phi) is 5.18. The Morgan fingerprint density at radius 3 is 2.62 bits per heavy atom. The summed E-state index contributed by atoms with van der Waals surface area (Å²) in [5.41, 5.74) is -0.680. The molecule has 150 valence electrons. The van der Waals surface area contributed by atoms with Gasteiger partial charge in [0.25, 0.3) is 11.8 Å². The van der Waals surface area contributed by atoms with E-state index in [4.69, 9.17) is 4.74 Å². The molecule has 0 saturated carbocycles. The number of carbonyl (C=O) groups excluding carboxylic acids is 3. The molecule has 1 saturated heterocycles. The summed E-state index contributed by atoms with van der Waals surface area (Å²) in [4.78, 5) is 46.7. The first-order valence-electron chi connectivity index (χ1n) is 8.71. The predicted octanol–water partition coefficient (Wildman–Crippen LogP) is 2.30. The summed E-state index contributed by atoms with van der Waals surface area (Å²) in [7, 11) is 0. The van der Waals surface area contributed by atoms with Crippen LogP contribution in [0.3, 0.4) is 0 Å². The summed E-state index contributed by atoms with van der Waals surface area (Å²) in [6.07, 6.45) is 0. The zero-order valence-electron chi connectivity index (χ0n) is 15.6. The summed E-state index contributed by atoms with van der Waals surface area (Å²) in [5.74, 6) is -1.00. The van der Waals surface area contributed by atoms with E-state index in [1.54, 1.807) is 38.1 Å². The zero-order chi connectivity index (χ0) is 21.2. The van der Waals surface area contributed by atoms with Gasteiger partial charge in [-0.05, 0) is 43.7 Å². The van der Waals surface area contributed by atoms with Crippen LogP contribution in [-0.4, -0.2) is 29.4 Å². The third-order valence-electron chi connectivity index (χ3n) is 4.46. The largest absolute Gasteiger partial charge is 0.487 e. The van der Waals surface area contributed by atoms with Gasteiger partial charge in [-0.15, -0.1) is 0 Å². The van der Waals surface area contributed by atoms with Crippen LogP contribution in [0.1, 0.15) is 29.8 Å². The van der Waals surface area contributed by atoms with Gasteiger partial charge in [-0.25, -0.2) is 4.79 Å². The standard InChI is InChI=1S/C19H18N4O6/c1-3-29-15-8-7-11(9-14(15)23(27)28)16(24)20-13-6-4-5-12(10-13)19(2)17(25)21-18(26)22-19/h4-10H,3H2,1-2H3,(H,20,24)(H2,21,22,25,26). The molecule has 29 heavy (non-hydrogen) atoms. The van der Waals surface area contributed by atoms with Gasteiger partial charge in [0, 0.05) is 17.3 Å². The van der Waals surface area contributed by atoms with Crippen molar-refractivity contribution in [3.63, 3.8) is 0 Å². The van der Waals surface area contributed by atoms with Crippen molar-refractivity contribution >= 4 is 29.2 Å². The SMILES string of the molecule is CCOc1ccc(C(=O)Nc2cccc(C3(C)NC(=O)NC3=O)c2)cc1[N+](=O)[O-]. The minimum absolute atomic E-state index is 0.0729. The Labute approximate surface area is 165 Å². The van der Waals surface area contributed by atoms with Gasteiger partial charge in [0.15, 0.2) is 5.75 Å². The number of anilines is 1. The fraction of sp³-hybridized carbons (Fsp3) is 0.211. The third kappa shape index (κ3) is 3.86. The first kappa shape index (κ1) is 19.8. The summed E-state index contributed by atoms with van der Waals surface area (Å²) >= 11 is 0. The molecule has 3 N–H and O–H groups in total. The number of benzene rings is 2. The fourth-order valence-corrected chi connectivity index (χ4v) is 2.94. The molecule has 1 aliphatic heterocycles. The van der Waals surface area contributed by atoms with E-state index in [2.05, 4.69) is 16.0 Å². The van der Waals surface area contributed by atoms with Crippen molar-refractivity contribution in [3.8, 4) is 5.75 Å². The molecular formula is C19H18N4O6. The Morgan fingerprint density at radius 2 is 2.00 bits per heavy atom. The van der Waals surface area contributed by atoms with Crippen LogP contribution in [0.15, 0.2) is 42.5 Å². The van der Waals surface area contributed by atoms with E-state index in [0.29, 0.717) is 11.3 Å². The van der Waals surface area contributed by atoms with Gasteiger partial charge in [-0.1, -0.05) is 12.1 Å². The van der Waals surface area contributed by atoms with Crippen molar-refractivity contribution in [2.45, 2.75) is 19.4 Å². The quantitative estimate of drug-likeness (QED) is 0.387. The van der Waals surface area contributed by atoms with Crippen molar-refractivity contribution in [1.82, 2.24) is 10.6 Å². The monoisotopic (exact) mass is 398 g/mol. The molecule has 4 amide bonds. The van der Waals surface area contributed by atoms with Crippen molar-refractivity contribution in [3.05, 3.63) is 63.7 Å². The predicted molar refractivity (Wildman–Crippen MR) is 103 cm³/mol. The molecule has 1 fully saturated rings. The van der Waals surface area contributed by atoms with E-state index in [0.717, 1.165) is 6.07 Å². The molecule has 1 aliphatic rings. The van der Waals surface area contributed by atoms with Gasteiger partial charge in [0.1, 0.15) is 5.54 Å². The summed E-state index contributed by atoms with van der Waals surface area (Å²) in [6, 6.07) is 9.73. The number of imide groups is 1. The van der Waals surface area contributed by atoms with E-state index < -0.39 is 28.3 Å². The number of amides is 4. The molecule has 1 unspecified atom stereocenters. The number of carbonyl (C=O) groups is 3. The van der Waals surface area contributed by atoms with E-state index in [9.17, 15) is 24.5 Å². The minimum atomic E-state index is -1.27. The number of nitro benzene ring substituents is 1. The molecule has 0 spiro atoms. The average molecular weight is 398 g/mol. The highest BCUT2D eigenvalue weighted by Crippen LogP contribution is 2.29. The van der Waals surface area contributed by atoms with Crippen LogP contribution in [0.4, 0.5) is 16.2 Å². The number of nitrogens with zero attached hydrogens (tertiary/aromatic N) is 1. The lowest BCUT2D eigenvalue weighted by Crippen LogP contribution is -2.40. The maximum absolute atomic E-state index is 12.6. The molecule has 0 radical (unpaired) electrons. The molecule has 0 bridgehead atoms. The van der Waals surface area contributed by atoms with Gasteiger partial charge in [0.05, 0.1) is 11.5 Å². The van der Waals surface area contributed by atoms with Crippen molar-refractivity contribution in [2.75, 3.05) is 11.9 Å². The Morgan fingerprint density at radius 1 is 1.24 bits per heavy atom. The maximum atomic E-state index is 12.6. The molecular weight excluding hydrogens is 380 g/mol. The second kappa shape index (κ2) is 7.58. The van der Waals surface area contributed by atoms with Crippen LogP contribution < -0.4 is 20.7 Å². The van der Waals surface area contributed by atoms with Gasteiger partial charge >= 0.3 is 11.7 Å². The van der Waals surface area contributed by atoms with Crippen LogP contribution in [0, 0.1) is 10.1 Å². The zero-order valence-corrected chi connectivity index (χ0v) is 15.6. The number of hydrogen-bond donors (Lipinski definition) is 3. The lowest BCUT2D eigenvalue weighted by atomic mass is 9.92. The minimum Gasteiger partial charge on any atom is -0.487 e. The van der Waals surface area contributed by atoms with Gasteiger partial charge < -0.3 is 15.4 Å². The molecule has 1 atom stereocenters. The number of rotatable bonds is 6. The topological polar surface area (TPSA) is 140 Å². The molecule has 1 heterocycles. The molecule has 0 aromatic heterocycles. The Balaban J connectivity index is 1.85. The van der Waals surface area contributed by atoms with Crippen LogP contribution >= 0.6 is 0 Å². The lowest BCUT2D eigenvalue weighted by molar-refractivity contribution is -0.385. The van der Waals surface area contributed by atoms with Crippen LogP contribution in [0.25, 0.3) is 0 Å². The smallest absolute Gasteiger partial charge is 0.322 e. The maximum Gasteiger partial charge on any atom is 0.322 e. The van der Waals surface area contributed by atoms with E-state index in [-0.39, 0.29) is 23.6 Å². The van der Waals surface area contributed by atoms with E-state index in [1.807, 2.05) is 0 Å². The fourth-order valence-electron chi connectivity index (χ4n) is 2.94. The highest BCUT2D eigenvalue weighted by Gasteiger charge is 2.43. The third-order valence-corrected chi connectivity index (χ3v) is 4.46. The number of hydrogen-bond acceptors (Lipinski definition) is 6. The molecule has 10 heteroatoms. The molecule has 3 rings (SSSR count). The summed E-state index contributed by atoms with van der Waals surface area (Å²) in [5, 5.41) is 18.6. The van der Waals surface area contributed by atoms with Gasteiger partial charge in [-0.3, -0.25) is 25.0 Å². The molecule has 10 nitrogen and oxygen atoms in total. The molecule has 2 aromatic rings. The molecule has 2 aromatic carbocycles. The highest BCUT2D eigenvalue weighted by molar-refractivity contribution is 6.08. The Hall–Kier alpha value is -3.95. The summed E-state index contributed by atoms with van der Waals surface area (Å²) in [6.45, 7) is 3.50. The number of nitrogens with one attached hydrogen (secondary N) is 3. The first-order chi connectivity index (χ1) is 13.7. The van der Waals surface area contributed by atoms with Crippen molar-refractivity contribution in [2.24, 2.45) is 0 Å². The number of nitro groups is 1. The van der Waals surface area contributed by atoms with Crippen LogP contribution in [-0.2, 0) is 10.3 Å². The molecule has 0 aliphatic carbocycles. The average Bonchev–Trinajstić information content (AvgIpc) is 2.95. The second-order valence-corrected chi connectivity index (χ2v) is 6.44. The lowest BCUT2D eigenvalue weighted by Gasteiger charge is -2.21. The first-order valence-corrected chi connectivity index (χ1v) is 8.71. The second-order valence-electron chi connectivity index (χ2n) is 6.44. The number of ether oxygens (including phenoxy) is 1. The van der Waals surface area contributed by atoms with E-state index in [1.165, 1.54) is 12.1 Å². The summed E-state index contributed by atoms with van der Waals surface area (Å²) < 4.78 is 5.21. The van der Waals surface area contributed by atoms with Crippen LogP contribution in [0.5, 0.6) is 5.75 Å². The van der Waals surface area contributed by atoms with Crippen LogP contribution in [0.2, 0.25) is 0 Å². The highest BCUT2D eigenvalue weighted by atomic mass is 16.6. The van der Waals surface area contributed by atoms with Gasteiger partial charge in [0.2, 0.25) is 0 Å². The van der Waals surface area contributed by atoms with Crippen molar-refractivity contribution in [1.29, 1.82) is 0 Å². The van der Waals surface area contributed by atoms with Gasteiger partial charge in [-0.2, -0.15) is 0 Å². The number of urea groups is 1.